The highest BCUT2D eigenvalue weighted by Crippen LogP contribution is 2.26. The van der Waals surface area contributed by atoms with Gasteiger partial charge >= 0.3 is 0 Å². The number of aliphatic hydroxyl groups is 2. The fourth-order valence-electron chi connectivity index (χ4n) is 2.78. The van der Waals surface area contributed by atoms with E-state index in [1.165, 1.54) is 6.92 Å². The van der Waals surface area contributed by atoms with Crippen LogP contribution in [0.25, 0.3) is 0 Å². The summed E-state index contributed by atoms with van der Waals surface area (Å²) in [5.41, 5.74) is 1.13. The summed E-state index contributed by atoms with van der Waals surface area (Å²) < 4.78 is 0. The number of likely N-dealkylation sites (tertiary alicyclic amines) is 1. The predicted molar refractivity (Wildman–Crippen MR) is 76.0 cm³/mol. The number of hydrogen-bond acceptors (Lipinski definition) is 4. The molecule has 1 aromatic rings. The second kappa shape index (κ2) is 6.83. The van der Waals surface area contributed by atoms with Crippen LogP contribution in [0.1, 0.15) is 18.9 Å². The second-order valence-corrected chi connectivity index (χ2v) is 5.30. The number of aliphatic hydroxyl groups excluding tert-OH is 2. The molecule has 1 aromatic carbocycles. The van der Waals surface area contributed by atoms with Crippen LogP contribution in [-0.2, 0) is 11.3 Å². The molecule has 110 valence electrons. The van der Waals surface area contributed by atoms with E-state index in [9.17, 15) is 15.0 Å². The third kappa shape index (κ3) is 3.56. The van der Waals surface area contributed by atoms with Crippen LogP contribution < -0.4 is 5.32 Å². The Bertz CT molecular complexity index is 438. The molecular formula is C15H22N2O3. The molecule has 1 aliphatic rings. The Morgan fingerprint density at radius 2 is 2.10 bits per heavy atom. The lowest BCUT2D eigenvalue weighted by atomic mass is 10.1. The van der Waals surface area contributed by atoms with Gasteiger partial charge in [-0.05, 0) is 12.0 Å². The lowest BCUT2D eigenvalue weighted by molar-refractivity contribution is -0.119. The molecular weight excluding hydrogens is 256 g/mol. The summed E-state index contributed by atoms with van der Waals surface area (Å²) >= 11 is 0. The van der Waals surface area contributed by atoms with Gasteiger partial charge in [0.15, 0.2) is 0 Å². The molecule has 0 aliphatic carbocycles. The zero-order chi connectivity index (χ0) is 14.5. The van der Waals surface area contributed by atoms with Crippen LogP contribution in [0.4, 0.5) is 0 Å². The molecule has 1 saturated heterocycles. The average molecular weight is 278 g/mol. The van der Waals surface area contributed by atoms with Crippen molar-refractivity contribution in [1.82, 2.24) is 10.2 Å². The number of hydrogen-bond donors (Lipinski definition) is 3. The minimum absolute atomic E-state index is 0.0144. The van der Waals surface area contributed by atoms with Crippen molar-refractivity contribution < 1.29 is 15.0 Å². The summed E-state index contributed by atoms with van der Waals surface area (Å²) in [6.45, 7) is 2.54. The third-order valence-electron chi connectivity index (χ3n) is 3.83. The van der Waals surface area contributed by atoms with Gasteiger partial charge in [0.2, 0.25) is 5.91 Å². The molecule has 5 nitrogen and oxygen atoms in total. The summed E-state index contributed by atoms with van der Waals surface area (Å²) in [4.78, 5) is 13.1. The molecule has 2 rings (SSSR count). The van der Waals surface area contributed by atoms with E-state index in [4.69, 9.17) is 0 Å². The Morgan fingerprint density at radius 1 is 1.40 bits per heavy atom. The third-order valence-corrected chi connectivity index (χ3v) is 3.83. The molecule has 5 heteroatoms. The van der Waals surface area contributed by atoms with E-state index in [2.05, 4.69) is 10.2 Å². The Labute approximate surface area is 119 Å². The van der Waals surface area contributed by atoms with Crippen molar-refractivity contribution in [2.75, 3.05) is 13.2 Å². The highest BCUT2D eigenvalue weighted by atomic mass is 16.3. The molecule has 3 N–H and O–H groups in total. The maximum atomic E-state index is 11.1. The van der Waals surface area contributed by atoms with E-state index in [-0.39, 0.29) is 24.6 Å². The van der Waals surface area contributed by atoms with E-state index in [0.29, 0.717) is 19.5 Å². The molecule has 0 radical (unpaired) electrons. The minimum atomic E-state index is -0.525. The Hall–Kier alpha value is -1.43. The van der Waals surface area contributed by atoms with Crippen LogP contribution in [-0.4, -0.2) is 52.4 Å². The molecule has 1 heterocycles. The van der Waals surface area contributed by atoms with Gasteiger partial charge in [0.25, 0.3) is 0 Å². The van der Waals surface area contributed by atoms with Crippen molar-refractivity contribution in [3.63, 3.8) is 0 Å². The zero-order valence-corrected chi connectivity index (χ0v) is 11.7. The number of benzene rings is 1. The molecule has 20 heavy (non-hydrogen) atoms. The molecule has 0 spiro atoms. The van der Waals surface area contributed by atoms with Gasteiger partial charge in [0.1, 0.15) is 0 Å². The monoisotopic (exact) mass is 278 g/mol. The topological polar surface area (TPSA) is 72.8 Å². The first-order valence-electron chi connectivity index (χ1n) is 6.95. The van der Waals surface area contributed by atoms with Crippen LogP contribution in [0.2, 0.25) is 0 Å². The SMILES string of the molecule is CC(=O)NCC1C(O)CC(CO)N1Cc1ccccc1. The van der Waals surface area contributed by atoms with Crippen LogP contribution in [0.15, 0.2) is 30.3 Å². The number of carbonyl (C=O) groups excluding carboxylic acids is 1. The van der Waals surface area contributed by atoms with Gasteiger partial charge in [-0.3, -0.25) is 9.69 Å². The van der Waals surface area contributed by atoms with Crippen LogP contribution in [0.3, 0.4) is 0 Å². The number of rotatable bonds is 5. The first-order valence-corrected chi connectivity index (χ1v) is 6.95. The molecule has 0 saturated carbocycles. The van der Waals surface area contributed by atoms with E-state index in [1.54, 1.807) is 0 Å². The number of carbonyl (C=O) groups is 1. The van der Waals surface area contributed by atoms with Gasteiger partial charge in [-0.15, -0.1) is 0 Å². The fourth-order valence-corrected chi connectivity index (χ4v) is 2.78. The van der Waals surface area contributed by atoms with Crippen LogP contribution in [0.5, 0.6) is 0 Å². The van der Waals surface area contributed by atoms with Crippen molar-refractivity contribution in [1.29, 1.82) is 0 Å². The average Bonchev–Trinajstić information content (AvgIpc) is 2.73. The largest absolute Gasteiger partial charge is 0.395 e. The van der Waals surface area contributed by atoms with Crippen molar-refractivity contribution in [2.45, 2.75) is 38.1 Å². The van der Waals surface area contributed by atoms with Gasteiger partial charge in [0.05, 0.1) is 18.8 Å². The van der Waals surface area contributed by atoms with E-state index in [1.807, 2.05) is 30.3 Å². The molecule has 1 amide bonds. The molecule has 0 bridgehead atoms. The van der Waals surface area contributed by atoms with Crippen LogP contribution in [0, 0.1) is 0 Å². The maximum absolute atomic E-state index is 11.1. The first-order chi connectivity index (χ1) is 9.61. The maximum Gasteiger partial charge on any atom is 0.216 e. The zero-order valence-electron chi connectivity index (χ0n) is 11.7. The highest BCUT2D eigenvalue weighted by Gasteiger charge is 2.39. The smallest absolute Gasteiger partial charge is 0.216 e. The standard InChI is InChI=1S/C15H22N2O3/c1-11(19)16-8-14-15(20)7-13(10-18)17(14)9-12-5-3-2-4-6-12/h2-6,13-15,18,20H,7-10H2,1H3,(H,16,19). The minimum Gasteiger partial charge on any atom is -0.395 e. The Balaban J connectivity index is 2.09. The van der Waals surface area contributed by atoms with Gasteiger partial charge in [-0.1, -0.05) is 30.3 Å². The molecule has 1 fully saturated rings. The Morgan fingerprint density at radius 3 is 2.70 bits per heavy atom. The Kier molecular flexibility index (Phi) is 5.11. The first kappa shape index (κ1) is 15.0. The fraction of sp³-hybridized carbons (Fsp3) is 0.533. The van der Waals surface area contributed by atoms with Crippen molar-refractivity contribution in [3.8, 4) is 0 Å². The van der Waals surface area contributed by atoms with Crippen molar-refractivity contribution in [2.24, 2.45) is 0 Å². The summed E-state index contributed by atoms with van der Waals surface area (Å²) in [5.74, 6) is -0.107. The lowest BCUT2D eigenvalue weighted by Crippen LogP contribution is -2.46. The van der Waals surface area contributed by atoms with Gasteiger partial charge in [-0.25, -0.2) is 0 Å². The van der Waals surface area contributed by atoms with Gasteiger partial charge < -0.3 is 15.5 Å². The van der Waals surface area contributed by atoms with E-state index < -0.39 is 6.10 Å². The lowest BCUT2D eigenvalue weighted by Gasteiger charge is -2.30. The van der Waals surface area contributed by atoms with Gasteiger partial charge in [0, 0.05) is 26.1 Å². The summed E-state index contributed by atoms with van der Waals surface area (Å²) in [7, 11) is 0. The summed E-state index contributed by atoms with van der Waals surface area (Å²) in [6, 6.07) is 9.72. The number of amides is 1. The summed E-state index contributed by atoms with van der Waals surface area (Å²) in [5, 5.41) is 22.4. The second-order valence-electron chi connectivity index (χ2n) is 5.30. The number of nitrogens with zero attached hydrogens (tertiary/aromatic N) is 1. The van der Waals surface area contributed by atoms with Crippen LogP contribution >= 0.6 is 0 Å². The predicted octanol–water partition coefficient (Wildman–Crippen LogP) is 0.119. The van der Waals surface area contributed by atoms with Gasteiger partial charge in [-0.2, -0.15) is 0 Å². The summed E-state index contributed by atoms with van der Waals surface area (Å²) in [6.07, 6.45) is 0.0100. The normalized spacial score (nSPS) is 26.6. The van der Waals surface area contributed by atoms with Crippen molar-refractivity contribution >= 4 is 5.91 Å². The van der Waals surface area contributed by atoms with Crippen molar-refractivity contribution in [3.05, 3.63) is 35.9 Å². The van der Waals surface area contributed by atoms with E-state index in [0.717, 1.165) is 5.56 Å². The molecule has 1 aliphatic heterocycles. The number of nitrogens with one attached hydrogen (secondary N) is 1. The molecule has 3 unspecified atom stereocenters. The van der Waals surface area contributed by atoms with E-state index >= 15 is 0 Å². The molecule has 0 aromatic heterocycles. The molecule has 3 atom stereocenters. The quantitative estimate of drug-likeness (QED) is 0.715. The highest BCUT2D eigenvalue weighted by molar-refractivity contribution is 5.72.